The standard InChI is InChI=1S/C10H24NO3P/c1-5-7-9-11(15(12,13)14)10(3,4)8-6-2/h5-9H2,1-4H3,(H2,12,13,14). The Bertz CT molecular complexity index is 225. The van der Waals surface area contributed by atoms with Gasteiger partial charge in [0.2, 0.25) is 0 Å². The SMILES string of the molecule is CCCCN(C(C)(C)CCC)P(=O)(O)O. The van der Waals surface area contributed by atoms with E-state index >= 15 is 0 Å². The van der Waals surface area contributed by atoms with E-state index in [0.29, 0.717) is 6.54 Å². The maximum atomic E-state index is 11.4. The van der Waals surface area contributed by atoms with Crippen LogP contribution in [0.1, 0.15) is 53.4 Å². The second kappa shape index (κ2) is 6.00. The highest BCUT2D eigenvalue weighted by atomic mass is 31.2. The summed E-state index contributed by atoms with van der Waals surface area (Å²) in [5.41, 5.74) is -0.428. The molecule has 2 N–H and O–H groups in total. The monoisotopic (exact) mass is 237 g/mol. The fourth-order valence-corrected chi connectivity index (χ4v) is 3.04. The number of nitrogens with zero attached hydrogens (tertiary/aromatic N) is 1. The van der Waals surface area contributed by atoms with Crippen molar-refractivity contribution in [2.75, 3.05) is 6.54 Å². The molecule has 0 saturated heterocycles. The summed E-state index contributed by atoms with van der Waals surface area (Å²) in [4.78, 5) is 18.6. The van der Waals surface area contributed by atoms with Crippen LogP contribution in [0, 0.1) is 0 Å². The molecule has 92 valence electrons. The fraction of sp³-hybridized carbons (Fsp3) is 1.00. The molecule has 0 aromatic heterocycles. The first-order chi connectivity index (χ1) is 6.75. The Labute approximate surface area is 92.9 Å². The van der Waals surface area contributed by atoms with Crippen LogP contribution < -0.4 is 0 Å². The molecule has 15 heavy (non-hydrogen) atoms. The molecule has 0 amide bonds. The Morgan fingerprint density at radius 3 is 2.07 bits per heavy atom. The quantitative estimate of drug-likeness (QED) is 0.668. The third-order valence-electron chi connectivity index (χ3n) is 2.60. The first-order valence-corrected chi connectivity index (χ1v) is 7.16. The minimum Gasteiger partial charge on any atom is -0.312 e. The van der Waals surface area contributed by atoms with E-state index in [0.717, 1.165) is 25.7 Å². The average molecular weight is 237 g/mol. The van der Waals surface area contributed by atoms with Crippen molar-refractivity contribution < 1.29 is 14.4 Å². The highest BCUT2D eigenvalue weighted by Gasteiger charge is 2.37. The zero-order chi connectivity index (χ0) is 12.1. The third kappa shape index (κ3) is 5.12. The van der Waals surface area contributed by atoms with Crippen molar-refractivity contribution in [3.63, 3.8) is 0 Å². The van der Waals surface area contributed by atoms with Crippen LogP contribution in [0.15, 0.2) is 0 Å². The lowest BCUT2D eigenvalue weighted by Crippen LogP contribution is -2.41. The summed E-state index contributed by atoms with van der Waals surface area (Å²) in [6.07, 6.45) is 3.48. The molecule has 0 aliphatic heterocycles. The predicted octanol–water partition coefficient (Wildman–Crippen LogP) is 2.76. The summed E-state index contributed by atoms with van der Waals surface area (Å²) in [5.74, 6) is 0. The van der Waals surface area contributed by atoms with E-state index in [9.17, 15) is 14.4 Å². The first kappa shape index (κ1) is 15.1. The van der Waals surface area contributed by atoms with Gasteiger partial charge in [0.15, 0.2) is 0 Å². The lowest BCUT2D eigenvalue weighted by atomic mass is 9.99. The van der Waals surface area contributed by atoms with E-state index < -0.39 is 13.3 Å². The highest BCUT2D eigenvalue weighted by Crippen LogP contribution is 2.46. The lowest BCUT2D eigenvalue weighted by molar-refractivity contribution is 0.156. The smallest absolute Gasteiger partial charge is 0.312 e. The molecule has 0 saturated carbocycles. The fourth-order valence-electron chi connectivity index (χ4n) is 1.83. The van der Waals surface area contributed by atoms with E-state index in [1.807, 2.05) is 27.7 Å². The van der Waals surface area contributed by atoms with Crippen LogP contribution in [-0.4, -0.2) is 26.5 Å². The van der Waals surface area contributed by atoms with Gasteiger partial charge in [-0.2, -0.15) is 0 Å². The summed E-state index contributed by atoms with van der Waals surface area (Å²) < 4.78 is 12.7. The number of unbranched alkanes of at least 4 members (excludes halogenated alkanes) is 1. The minimum absolute atomic E-state index is 0.428. The molecule has 0 aromatic rings. The van der Waals surface area contributed by atoms with Gasteiger partial charge in [-0.15, -0.1) is 0 Å². The van der Waals surface area contributed by atoms with Crippen molar-refractivity contribution in [2.24, 2.45) is 0 Å². The van der Waals surface area contributed by atoms with Gasteiger partial charge in [0, 0.05) is 12.1 Å². The maximum absolute atomic E-state index is 11.4. The molecule has 0 radical (unpaired) electrons. The predicted molar refractivity (Wildman–Crippen MR) is 62.6 cm³/mol. The van der Waals surface area contributed by atoms with Crippen LogP contribution in [0.4, 0.5) is 0 Å². The first-order valence-electron chi connectivity index (χ1n) is 5.59. The second-order valence-corrected chi connectivity index (χ2v) is 6.06. The molecule has 0 aliphatic carbocycles. The lowest BCUT2D eigenvalue weighted by Gasteiger charge is -2.38. The molecule has 0 unspecified atom stereocenters. The van der Waals surface area contributed by atoms with Crippen molar-refractivity contribution in [1.29, 1.82) is 0 Å². The van der Waals surface area contributed by atoms with Crippen molar-refractivity contribution in [2.45, 2.75) is 58.9 Å². The van der Waals surface area contributed by atoms with Gasteiger partial charge in [-0.05, 0) is 26.7 Å². The van der Waals surface area contributed by atoms with Gasteiger partial charge in [0.05, 0.1) is 0 Å². The van der Waals surface area contributed by atoms with Gasteiger partial charge in [-0.25, -0.2) is 9.24 Å². The molecule has 5 heteroatoms. The average Bonchev–Trinajstić information content (AvgIpc) is 2.01. The van der Waals surface area contributed by atoms with E-state index in [1.54, 1.807) is 0 Å². The Kier molecular flexibility index (Phi) is 6.04. The molecule has 0 aromatic carbocycles. The zero-order valence-electron chi connectivity index (χ0n) is 10.2. The van der Waals surface area contributed by atoms with Gasteiger partial charge in [0.25, 0.3) is 0 Å². The Hall–Kier alpha value is 0.110. The van der Waals surface area contributed by atoms with E-state index in [-0.39, 0.29) is 0 Å². The Balaban J connectivity index is 4.69. The van der Waals surface area contributed by atoms with Gasteiger partial charge < -0.3 is 9.79 Å². The van der Waals surface area contributed by atoms with Gasteiger partial charge >= 0.3 is 7.75 Å². The molecule has 0 atom stereocenters. The largest absolute Gasteiger partial charge is 0.403 e. The molecule has 0 heterocycles. The van der Waals surface area contributed by atoms with E-state index in [4.69, 9.17) is 0 Å². The highest BCUT2D eigenvalue weighted by molar-refractivity contribution is 7.49. The third-order valence-corrected chi connectivity index (χ3v) is 3.97. The molecule has 0 rings (SSSR count). The van der Waals surface area contributed by atoms with Crippen LogP contribution in [0.3, 0.4) is 0 Å². The number of hydrogen-bond donors (Lipinski definition) is 2. The normalized spacial score (nSPS) is 13.5. The molecular formula is C10H24NO3P. The van der Waals surface area contributed by atoms with Gasteiger partial charge in [-0.1, -0.05) is 26.7 Å². The van der Waals surface area contributed by atoms with Gasteiger partial charge in [-0.3, -0.25) is 0 Å². The van der Waals surface area contributed by atoms with Crippen LogP contribution in [0.5, 0.6) is 0 Å². The van der Waals surface area contributed by atoms with Crippen LogP contribution in [0.2, 0.25) is 0 Å². The Morgan fingerprint density at radius 1 is 1.20 bits per heavy atom. The van der Waals surface area contributed by atoms with Crippen molar-refractivity contribution >= 4 is 7.75 Å². The molecule has 0 bridgehead atoms. The van der Waals surface area contributed by atoms with Crippen LogP contribution >= 0.6 is 7.75 Å². The molecular weight excluding hydrogens is 213 g/mol. The number of hydrogen-bond acceptors (Lipinski definition) is 1. The van der Waals surface area contributed by atoms with Crippen LogP contribution in [-0.2, 0) is 4.57 Å². The van der Waals surface area contributed by atoms with Gasteiger partial charge in [0.1, 0.15) is 0 Å². The summed E-state index contributed by atoms with van der Waals surface area (Å²) >= 11 is 0. The van der Waals surface area contributed by atoms with E-state index in [1.165, 1.54) is 4.67 Å². The van der Waals surface area contributed by atoms with Crippen molar-refractivity contribution in [3.8, 4) is 0 Å². The summed E-state index contributed by atoms with van der Waals surface area (Å²) in [7, 11) is -4.12. The molecule has 0 aliphatic rings. The van der Waals surface area contributed by atoms with Crippen molar-refractivity contribution in [3.05, 3.63) is 0 Å². The molecule has 0 spiro atoms. The number of rotatable bonds is 7. The second-order valence-electron chi connectivity index (χ2n) is 4.55. The topological polar surface area (TPSA) is 60.8 Å². The minimum atomic E-state index is -4.12. The molecule has 0 fully saturated rings. The Morgan fingerprint density at radius 2 is 1.73 bits per heavy atom. The molecule has 4 nitrogen and oxygen atoms in total. The summed E-state index contributed by atoms with van der Waals surface area (Å²) in [6, 6.07) is 0. The van der Waals surface area contributed by atoms with E-state index in [2.05, 4.69) is 0 Å². The van der Waals surface area contributed by atoms with Crippen LogP contribution in [0.25, 0.3) is 0 Å². The summed E-state index contributed by atoms with van der Waals surface area (Å²) in [5, 5.41) is 0. The van der Waals surface area contributed by atoms with Crippen molar-refractivity contribution in [1.82, 2.24) is 4.67 Å². The maximum Gasteiger partial charge on any atom is 0.403 e. The zero-order valence-corrected chi connectivity index (χ0v) is 11.1. The summed E-state index contributed by atoms with van der Waals surface area (Å²) in [6.45, 7) is 8.30.